The van der Waals surface area contributed by atoms with E-state index >= 15 is 0 Å². The molecule has 3 unspecified atom stereocenters. The monoisotopic (exact) mass is 197 g/mol. The lowest BCUT2D eigenvalue weighted by Gasteiger charge is -2.33. The molecule has 1 fully saturated rings. The summed E-state index contributed by atoms with van der Waals surface area (Å²) in [5.74, 6) is 1.95. The van der Waals surface area contributed by atoms with Crippen molar-refractivity contribution in [1.29, 1.82) is 5.26 Å². The van der Waals surface area contributed by atoms with Gasteiger partial charge >= 0.3 is 0 Å². The van der Waals surface area contributed by atoms with E-state index in [0.717, 1.165) is 12.3 Å². The molecule has 2 nitrogen and oxygen atoms in total. The van der Waals surface area contributed by atoms with E-state index in [1.165, 1.54) is 19.8 Å². The molecule has 0 aromatic carbocycles. The molecule has 1 N–H and O–H groups in total. The Bertz CT molecular complexity index is 183. The fourth-order valence-electron chi connectivity index (χ4n) is 2.15. The summed E-state index contributed by atoms with van der Waals surface area (Å²) in [7, 11) is 0. The van der Waals surface area contributed by atoms with Crippen molar-refractivity contribution < 1.29 is 5.11 Å². The molecule has 1 aliphatic rings. The first-order valence-corrected chi connectivity index (χ1v) is 5.51. The molecule has 82 valence electrons. The van der Waals surface area contributed by atoms with Gasteiger partial charge in [-0.2, -0.15) is 5.26 Å². The van der Waals surface area contributed by atoms with Crippen LogP contribution in [0.4, 0.5) is 0 Å². The van der Waals surface area contributed by atoms with Gasteiger partial charge in [0.2, 0.25) is 0 Å². The summed E-state index contributed by atoms with van der Waals surface area (Å²) in [5, 5.41) is 17.0. The van der Waals surface area contributed by atoms with Gasteiger partial charge in [-0.05, 0) is 30.6 Å². The maximum Gasteiger partial charge on any atom is 0.0587 e. The van der Waals surface area contributed by atoms with Crippen LogP contribution in [-0.2, 0) is 0 Å². The zero-order valence-corrected chi connectivity index (χ0v) is 9.83. The molecule has 1 rings (SSSR count). The fraction of sp³-hybridized carbons (Fsp3) is 0.917. The smallest absolute Gasteiger partial charge is 0.0587 e. The van der Waals surface area contributed by atoms with Gasteiger partial charge < -0.3 is 5.11 Å². The molecular weight excluding hydrogens is 174 g/mol. The quantitative estimate of drug-likeness (QED) is 0.702. The Hall–Kier alpha value is -0.550. The van der Waals surface area contributed by atoms with Crippen LogP contribution in [0.5, 0.6) is 0 Å². The van der Waals surface area contributed by atoms with Crippen molar-refractivity contribution in [2.75, 3.05) is 0 Å². The molecule has 0 bridgehead atoms. The van der Waals surface area contributed by atoms with Crippen molar-refractivity contribution in [2.45, 2.75) is 53.1 Å². The molecule has 0 saturated heterocycles. The fourth-order valence-corrected chi connectivity index (χ4v) is 2.15. The molecule has 1 aliphatic carbocycles. The lowest BCUT2D eigenvalue weighted by molar-refractivity contribution is 0.0266. The predicted molar refractivity (Wildman–Crippen MR) is 58.6 cm³/mol. The first-order chi connectivity index (χ1) is 6.52. The van der Waals surface area contributed by atoms with E-state index in [0.29, 0.717) is 11.8 Å². The molecule has 0 aromatic rings. The van der Waals surface area contributed by atoms with Crippen LogP contribution in [0.3, 0.4) is 0 Å². The zero-order chi connectivity index (χ0) is 11.1. The van der Waals surface area contributed by atoms with Gasteiger partial charge in [0, 0.05) is 6.92 Å². The highest BCUT2D eigenvalue weighted by atomic mass is 16.3. The van der Waals surface area contributed by atoms with E-state index in [2.05, 4.69) is 20.8 Å². The van der Waals surface area contributed by atoms with Crippen molar-refractivity contribution in [1.82, 2.24) is 0 Å². The molecule has 2 heteroatoms. The Morgan fingerprint density at radius 2 is 1.86 bits per heavy atom. The number of aliphatic hydroxyl groups is 1. The topological polar surface area (TPSA) is 44.0 Å². The highest BCUT2D eigenvalue weighted by Gasteiger charge is 2.28. The van der Waals surface area contributed by atoms with Crippen molar-refractivity contribution in [2.24, 2.45) is 17.8 Å². The summed E-state index contributed by atoms with van der Waals surface area (Å²) in [4.78, 5) is 0. The van der Waals surface area contributed by atoms with Gasteiger partial charge in [-0.25, -0.2) is 0 Å². The standard InChI is InChI=1S/C10H20O.C2H3N/c1-7(2)9-5-4-8(3)6-10(9)11;1-2-3/h7-11H,4-6H2,1-3H3;1H3. The third-order valence-electron chi connectivity index (χ3n) is 2.99. The van der Waals surface area contributed by atoms with E-state index < -0.39 is 0 Å². The molecule has 0 heterocycles. The van der Waals surface area contributed by atoms with Crippen LogP contribution < -0.4 is 0 Å². The van der Waals surface area contributed by atoms with Gasteiger partial charge in [-0.15, -0.1) is 0 Å². The second-order valence-corrected chi connectivity index (χ2v) is 4.62. The molecule has 0 spiro atoms. The summed E-state index contributed by atoms with van der Waals surface area (Å²) < 4.78 is 0. The molecule has 0 radical (unpaired) electrons. The number of aliphatic hydroxyl groups excluding tert-OH is 1. The summed E-state index contributed by atoms with van der Waals surface area (Å²) >= 11 is 0. The van der Waals surface area contributed by atoms with Gasteiger partial charge in [0.15, 0.2) is 0 Å². The second kappa shape index (κ2) is 6.84. The van der Waals surface area contributed by atoms with Crippen LogP contribution in [0.2, 0.25) is 0 Å². The Labute approximate surface area is 87.9 Å². The normalized spacial score (nSPS) is 31.6. The third kappa shape index (κ3) is 4.62. The van der Waals surface area contributed by atoms with Gasteiger partial charge in [-0.3, -0.25) is 0 Å². The maximum atomic E-state index is 9.71. The van der Waals surface area contributed by atoms with Crippen LogP contribution in [0.25, 0.3) is 0 Å². The molecule has 1 saturated carbocycles. The summed E-state index contributed by atoms with van der Waals surface area (Å²) in [6.07, 6.45) is 3.52. The van der Waals surface area contributed by atoms with Crippen molar-refractivity contribution >= 4 is 0 Å². The Morgan fingerprint density at radius 3 is 2.21 bits per heavy atom. The van der Waals surface area contributed by atoms with E-state index in [1.54, 1.807) is 6.07 Å². The van der Waals surface area contributed by atoms with Crippen LogP contribution >= 0.6 is 0 Å². The van der Waals surface area contributed by atoms with Gasteiger partial charge in [-0.1, -0.05) is 27.2 Å². The summed E-state index contributed by atoms with van der Waals surface area (Å²) in [5.41, 5.74) is 0. The minimum atomic E-state index is -0.0289. The van der Waals surface area contributed by atoms with Gasteiger partial charge in [0.1, 0.15) is 0 Å². The molecule has 0 amide bonds. The SMILES string of the molecule is CC#N.CC1CCC(C(C)C)C(O)C1. The second-order valence-electron chi connectivity index (χ2n) is 4.62. The number of hydrogen-bond acceptors (Lipinski definition) is 2. The first kappa shape index (κ1) is 13.4. The Morgan fingerprint density at radius 1 is 1.36 bits per heavy atom. The highest BCUT2D eigenvalue weighted by Crippen LogP contribution is 2.33. The lowest BCUT2D eigenvalue weighted by atomic mass is 9.75. The minimum absolute atomic E-state index is 0.0289. The molecule has 3 atom stereocenters. The Balaban J connectivity index is 0.000000500. The van der Waals surface area contributed by atoms with Crippen molar-refractivity contribution in [3.8, 4) is 6.07 Å². The van der Waals surface area contributed by atoms with E-state index in [9.17, 15) is 5.11 Å². The molecule has 0 aliphatic heterocycles. The number of hydrogen-bond donors (Lipinski definition) is 1. The van der Waals surface area contributed by atoms with Gasteiger partial charge in [0.25, 0.3) is 0 Å². The molecule has 14 heavy (non-hydrogen) atoms. The van der Waals surface area contributed by atoms with Gasteiger partial charge in [0.05, 0.1) is 12.2 Å². The zero-order valence-electron chi connectivity index (χ0n) is 9.83. The van der Waals surface area contributed by atoms with Crippen LogP contribution in [0, 0.1) is 29.1 Å². The number of rotatable bonds is 1. The van der Waals surface area contributed by atoms with Crippen molar-refractivity contribution in [3.63, 3.8) is 0 Å². The number of nitrogens with zero attached hydrogens (tertiary/aromatic N) is 1. The summed E-state index contributed by atoms with van der Waals surface area (Å²) in [6, 6.07) is 1.75. The largest absolute Gasteiger partial charge is 0.393 e. The molecular formula is C12H23NO. The minimum Gasteiger partial charge on any atom is -0.393 e. The van der Waals surface area contributed by atoms with E-state index in [-0.39, 0.29) is 6.10 Å². The first-order valence-electron chi connectivity index (χ1n) is 5.51. The third-order valence-corrected chi connectivity index (χ3v) is 2.99. The van der Waals surface area contributed by atoms with Crippen LogP contribution in [-0.4, -0.2) is 11.2 Å². The predicted octanol–water partition coefficient (Wildman–Crippen LogP) is 2.97. The lowest BCUT2D eigenvalue weighted by Crippen LogP contribution is -2.31. The maximum absolute atomic E-state index is 9.71. The summed E-state index contributed by atoms with van der Waals surface area (Å²) in [6.45, 7) is 8.09. The van der Waals surface area contributed by atoms with E-state index in [4.69, 9.17) is 5.26 Å². The van der Waals surface area contributed by atoms with Crippen LogP contribution in [0.1, 0.15) is 47.0 Å². The van der Waals surface area contributed by atoms with Crippen molar-refractivity contribution in [3.05, 3.63) is 0 Å². The van der Waals surface area contributed by atoms with Crippen LogP contribution in [0.15, 0.2) is 0 Å². The van der Waals surface area contributed by atoms with E-state index in [1.807, 2.05) is 0 Å². The number of nitriles is 1. The average Bonchev–Trinajstić information content (AvgIpc) is 2.04. The molecule has 0 aromatic heterocycles. The highest BCUT2D eigenvalue weighted by molar-refractivity contribution is 4.79. The average molecular weight is 197 g/mol. The Kier molecular flexibility index (Phi) is 6.57.